The van der Waals surface area contributed by atoms with Crippen LogP contribution in [0, 0.1) is 5.82 Å². The number of alkyl halides is 3. The number of benzene rings is 1. The van der Waals surface area contributed by atoms with Crippen molar-refractivity contribution in [2.75, 3.05) is 0 Å². The number of hydrogen-bond donors (Lipinski definition) is 0. The molecule has 0 spiro atoms. The Labute approximate surface area is 105 Å². The Morgan fingerprint density at radius 2 is 1.84 bits per heavy atom. The molecule has 2 aromatic rings. The Morgan fingerprint density at radius 1 is 1.11 bits per heavy atom. The molecule has 0 aliphatic rings. The van der Waals surface area contributed by atoms with Gasteiger partial charge in [0.05, 0.1) is 5.56 Å². The summed E-state index contributed by atoms with van der Waals surface area (Å²) in [7, 11) is 0. The molecule has 0 bridgehead atoms. The summed E-state index contributed by atoms with van der Waals surface area (Å²) >= 11 is 0. The molecule has 0 radical (unpaired) electrons. The number of aldehydes is 1. The van der Waals surface area contributed by atoms with E-state index in [9.17, 15) is 22.4 Å². The standard InChI is InChI=1S/C13H7F4NO/c14-12-3-8(7-19)1-2-11(12)9-4-10(6-18-5-9)13(15,16)17/h1-7H. The van der Waals surface area contributed by atoms with Gasteiger partial charge in [-0.05, 0) is 12.1 Å². The number of pyridine rings is 1. The maximum absolute atomic E-state index is 13.7. The van der Waals surface area contributed by atoms with Gasteiger partial charge in [-0.3, -0.25) is 9.78 Å². The molecule has 0 saturated heterocycles. The van der Waals surface area contributed by atoms with Crippen LogP contribution in [0.5, 0.6) is 0 Å². The molecule has 6 heteroatoms. The van der Waals surface area contributed by atoms with Crippen LogP contribution in [0.3, 0.4) is 0 Å². The van der Waals surface area contributed by atoms with Gasteiger partial charge in [-0.1, -0.05) is 12.1 Å². The van der Waals surface area contributed by atoms with E-state index in [0.717, 1.165) is 18.3 Å². The van der Waals surface area contributed by atoms with E-state index in [1.54, 1.807) is 0 Å². The summed E-state index contributed by atoms with van der Waals surface area (Å²) in [6.07, 6.45) is -2.28. The van der Waals surface area contributed by atoms with Gasteiger partial charge in [0.1, 0.15) is 12.1 Å². The first kappa shape index (κ1) is 13.2. The Kier molecular flexibility index (Phi) is 3.33. The Morgan fingerprint density at radius 3 is 2.42 bits per heavy atom. The highest BCUT2D eigenvalue weighted by Gasteiger charge is 2.31. The molecule has 1 aromatic carbocycles. The minimum absolute atomic E-state index is 0.00442. The molecule has 0 atom stereocenters. The van der Waals surface area contributed by atoms with Crippen molar-refractivity contribution in [2.24, 2.45) is 0 Å². The Balaban J connectivity index is 2.50. The molecular weight excluding hydrogens is 262 g/mol. The van der Waals surface area contributed by atoms with Crippen LogP contribution in [0.1, 0.15) is 15.9 Å². The van der Waals surface area contributed by atoms with Gasteiger partial charge in [-0.15, -0.1) is 0 Å². The summed E-state index contributed by atoms with van der Waals surface area (Å²) in [6.45, 7) is 0. The fourth-order valence-corrected chi connectivity index (χ4v) is 1.58. The molecule has 19 heavy (non-hydrogen) atoms. The van der Waals surface area contributed by atoms with Crippen molar-refractivity contribution >= 4 is 6.29 Å². The van der Waals surface area contributed by atoms with E-state index in [1.165, 1.54) is 12.1 Å². The zero-order valence-electron chi connectivity index (χ0n) is 9.41. The van der Waals surface area contributed by atoms with E-state index in [1.807, 2.05) is 0 Å². The summed E-state index contributed by atoms with van der Waals surface area (Å²) in [5.41, 5.74) is -0.876. The molecule has 98 valence electrons. The highest BCUT2D eigenvalue weighted by atomic mass is 19.4. The van der Waals surface area contributed by atoms with Crippen LogP contribution in [0.2, 0.25) is 0 Å². The molecular formula is C13H7F4NO. The van der Waals surface area contributed by atoms with Gasteiger partial charge in [-0.2, -0.15) is 13.2 Å². The van der Waals surface area contributed by atoms with Crippen LogP contribution < -0.4 is 0 Å². The van der Waals surface area contributed by atoms with Crippen molar-refractivity contribution in [1.82, 2.24) is 4.98 Å². The smallest absolute Gasteiger partial charge is 0.298 e. The highest BCUT2D eigenvalue weighted by Crippen LogP contribution is 2.32. The van der Waals surface area contributed by atoms with Gasteiger partial charge in [0, 0.05) is 29.1 Å². The van der Waals surface area contributed by atoms with Crippen molar-refractivity contribution in [3.8, 4) is 11.1 Å². The second-order valence-corrected chi connectivity index (χ2v) is 3.82. The maximum atomic E-state index is 13.7. The van der Waals surface area contributed by atoms with Gasteiger partial charge in [0.2, 0.25) is 0 Å². The normalized spacial score (nSPS) is 11.4. The third kappa shape index (κ3) is 2.78. The minimum atomic E-state index is -4.54. The predicted octanol–water partition coefficient (Wildman–Crippen LogP) is 3.72. The number of nitrogens with zero attached hydrogens (tertiary/aromatic N) is 1. The Bertz CT molecular complexity index is 622. The highest BCUT2D eigenvalue weighted by molar-refractivity contribution is 5.77. The fourth-order valence-electron chi connectivity index (χ4n) is 1.58. The lowest BCUT2D eigenvalue weighted by Crippen LogP contribution is -2.05. The van der Waals surface area contributed by atoms with Crippen LogP contribution >= 0.6 is 0 Å². The van der Waals surface area contributed by atoms with Crippen LogP contribution in [0.25, 0.3) is 11.1 Å². The maximum Gasteiger partial charge on any atom is 0.417 e. The molecule has 0 N–H and O–H groups in total. The van der Waals surface area contributed by atoms with Gasteiger partial charge in [0.25, 0.3) is 0 Å². The molecule has 0 unspecified atom stereocenters. The van der Waals surface area contributed by atoms with E-state index in [0.29, 0.717) is 12.5 Å². The van der Waals surface area contributed by atoms with Crippen molar-refractivity contribution in [3.63, 3.8) is 0 Å². The summed E-state index contributed by atoms with van der Waals surface area (Å²) < 4.78 is 51.3. The second-order valence-electron chi connectivity index (χ2n) is 3.82. The topological polar surface area (TPSA) is 30.0 Å². The summed E-state index contributed by atoms with van der Waals surface area (Å²) in [4.78, 5) is 13.9. The third-order valence-electron chi connectivity index (χ3n) is 2.51. The van der Waals surface area contributed by atoms with Crippen LogP contribution in [0.4, 0.5) is 17.6 Å². The molecule has 0 fully saturated rings. The molecule has 2 rings (SSSR count). The van der Waals surface area contributed by atoms with Gasteiger partial charge < -0.3 is 0 Å². The van der Waals surface area contributed by atoms with Crippen molar-refractivity contribution in [3.05, 3.63) is 53.6 Å². The largest absolute Gasteiger partial charge is 0.417 e. The van der Waals surface area contributed by atoms with E-state index >= 15 is 0 Å². The summed E-state index contributed by atoms with van der Waals surface area (Å²) in [5.74, 6) is -0.772. The lowest BCUT2D eigenvalue weighted by Gasteiger charge is -2.09. The summed E-state index contributed by atoms with van der Waals surface area (Å²) in [5, 5.41) is 0. The quantitative estimate of drug-likeness (QED) is 0.614. The van der Waals surface area contributed by atoms with Crippen LogP contribution in [0.15, 0.2) is 36.7 Å². The number of rotatable bonds is 2. The number of hydrogen-bond acceptors (Lipinski definition) is 2. The van der Waals surface area contributed by atoms with Crippen molar-refractivity contribution < 1.29 is 22.4 Å². The van der Waals surface area contributed by atoms with E-state index in [2.05, 4.69) is 4.98 Å². The zero-order valence-corrected chi connectivity index (χ0v) is 9.41. The van der Waals surface area contributed by atoms with E-state index < -0.39 is 17.6 Å². The van der Waals surface area contributed by atoms with Gasteiger partial charge in [0.15, 0.2) is 0 Å². The molecule has 0 amide bonds. The summed E-state index contributed by atoms with van der Waals surface area (Å²) in [6, 6.07) is 4.34. The molecule has 0 aliphatic heterocycles. The van der Waals surface area contributed by atoms with E-state index in [4.69, 9.17) is 0 Å². The number of aromatic nitrogens is 1. The third-order valence-corrected chi connectivity index (χ3v) is 2.51. The lowest BCUT2D eigenvalue weighted by molar-refractivity contribution is -0.137. The first-order valence-electron chi connectivity index (χ1n) is 5.19. The molecule has 1 aromatic heterocycles. The number of carbonyl (C=O) groups excluding carboxylic acids is 1. The average molecular weight is 269 g/mol. The fraction of sp³-hybridized carbons (Fsp3) is 0.0769. The predicted molar refractivity (Wildman–Crippen MR) is 60.0 cm³/mol. The lowest BCUT2D eigenvalue weighted by atomic mass is 10.0. The molecule has 1 heterocycles. The molecule has 2 nitrogen and oxygen atoms in total. The number of carbonyl (C=O) groups is 1. The van der Waals surface area contributed by atoms with Gasteiger partial charge in [-0.25, -0.2) is 4.39 Å². The average Bonchev–Trinajstić information content (AvgIpc) is 2.37. The second kappa shape index (κ2) is 4.79. The first-order valence-corrected chi connectivity index (χ1v) is 5.19. The number of halogens is 4. The van der Waals surface area contributed by atoms with Crippen molar-refractivity contribution in [1.29, 1.82) is 0 Å². The molecule has 0 saturated carbocycles. The van der Waals surface area contributed by atoms with Crippen LogP contribution in [-0.4, -0.2) is 11.3 Å². The first-order chi connectivity index (χ1) is 8.91. The monoisotopic (exact) mass is 269 g/mol. The van der Waals surface area contributed by atoms with Crippen molar-refractivity contribution in [2.45, 2.75) is 6.18 Å². The minimum Gasteiger partial charge on any atom is -0.298 e. The van der Waals surface area contributed by atoms with Crippen LogP contribution in [-0.2, 0) is 6.18 Å². The molecule has 0 aliphatic carbocycles. The zero-order chi connectivity index (χ0) is 14.0. The van der Waals surface area contributed by atoms with E-state index in [-0.39, 0.29) is 16.7 Å². The van der Waals surface area contributed by atoms with Gasteiger partial charge >= 0.3 is 6.18 Å². The SMILES string of the molecule is O=Cc1ccc(-c2cncc(C(F)(F)F)c2)c(F)c1. The Hall–Kier alpha value is -2.24.